The zero-order valence-electron chi connectivity index (χ0n) is 17.1. The normalized spacial score (nSPS) is 17.4. The van der Waals surface area contributed by atoms with Crippen LogP contribution in [0.3, 0.4) is 0 Å². The molecule has 1 aromatic carbocycles. The topological polar surface area (TPSA) is 56.0 Å². The molecule has 2 aromatic heterocycles. The van der Waals surface area contributed by atoms with Crippen LogP contribution >= 0.6 is 0 Å². The summed E-state index contributed by atoms with van der Waals surface area (Å²) < 4.78 is 4.17. The predicted octanol–water partition coefficient (Wildman–Crippen LogP) is 3.99. The molecule has 1 saturated heterocycles. The van der Waals surface area contributed by atoms with Gasteiger partial charge in [-0.2, -0.15) is 5.10 Å². The Labute approximate surface area is 166 Å². The van der Waals surface area contributed by atoms with Crippen molar-refractivity contribution in [2.75, 3.05) is 13.1 Å². The molecule has 4 rings (SSSR count). The fraction of sp³-hybridized carbons (Fsp3) is 0.500. The monoisotopic (exact) mass is 379 g/mol. The van der Waals surface area contributed by atoms with Crippen molar-refractivity contribution < 1.29 is 4.79 Å². The van der Waals surface area contributed by atoms with Crippen LogP contribution in [0.4, 0.5) is 0 Å². The van der Waals surface area contributed by atoms with Crippen molar-refractivity contribution in [2.45, 2.75) is 59.0 Å². The molecule has 1 fully saturated rings. The molecule has 0 radical (unpaired) electrons. The average molecular weight is 380 g/mol. The van der Waals surface area contributed by atoms with E-state index in [-0.39, 0.29) is 11.8 Å². The highest BCUT2D eigenvalue weighted by atomic mass is 16.2. The SMILES string of the molecule is CCCn1c(C2CCCN(C(=O)c3cc(C)nn3CC)C2)nc2ccccc21. The molecule has 0 saturated carbocycles. The van der Waals surface area contributed by atoms with Crippen LogP contribution in [0.15, 0.2) is 30.3 Å². The van der Waals surface area contributed by atoms with Gasteiger partial charge in [0.15, 0.2) is 0 Å². The molecule has 1 aliphatic rings. The minimum atomic E-state index is 0.0882. The molecule has 148 valence electrons. The van der Waals surface area contributed by atoms with Crippen molar-refractivity contribution in [3.05, 3.63) is 47.5 Å². The Hall–Kier alpha value is -2.63. The van der Waals surface area contributed by atoms with Crippen molar-refractivity contribution in [2.24, 2.45) is 0 Å². The van der Waals surface area contributed by atoms with Gasteiger partial charge in [0.25, 0.3) is 5.91 Å². The minimum Gasteiger partial charge on any atom is -0.337 e. The number of nitrogens with zero attached hydrogens (tertiary/aromatic N) is 5. The van der Waals surface area contributed by atoms with Gasteiger partial charge in [-0.1, -0.05) is 19.1 Å². The molecule has 0 N–H and O–H groups in total. The third-order valence-electron chi connectivity index (χ3n) is 5.63. The first-order valence-corrected chi connectivity index (χ1v) is 10.4. The second-order valence-corrected chi connectivity index (χ2v) is 7.69. The predicted molar refractivity (Wildman–Crippen MR) is 111 cm³/mol. The first-order valence-electron chi connectivity index (χ1n) is 10.4. The summed E-state index contributed by atoms with van der Waals surface area (Å²) in [6, 6.07) is 10.3. The third kappa shape index (κ3) is 3.32. The van der Waals surface area contributed by atoms with Gasteiger partial charge in [0.1, 0.15) is 11.5 Å². The van der Waals surface area contributed by atoms with Gasteiger partial charge in [-0.3, -0.25) is 9.48 Å². The van der Waals surface area contributed by atoms with E-state index in [4.69, 9.17) is 4.98 Å². The van der Waals surface area contributed by atoms with E-state index in [2.05, 4.69) is 34.8 Å². The number of fused-ring (bicyclic) bond motifs is 1. The maximum Gasteiger partial charge on any atom is 0.272 e. The lowest BCUT2D eigenvalue weighted by molar-refractivity contribution is 0.0691. The van der Waals surface area contributed by atoms with Crippen LogP contribution < -0.4 is 0 Å². The Morgan fingerprint density at radius 1 is 1.25 bits per heavy atom. The highest BCUT2D eigenvalue weighted by Gasteiger charge is 2.30. The van der Waals surface area contributed by atoms with E-state index in [0.29, 0.717) is 12.2 Å². The summed E-state index contributed by atoms with van der Waals surface area (Å²) in [5.41, 5.74) is 3.84. The number of aryl methyl sites for hydroxylation is 3. The molecule has 6 heteroatoms. The van der Waals surface area contributed by atoms with Crippen molar-refractivity contribution >= 4 is 16.9 Å². The molecule has 3 heterocycles. The van der Waals surface area contributed by atoms with E-state index in [1.54, 1.807) is 0 Å². The van der Waals surface area contributed by atoms with Gasteiger partial charge in [0, 0.05) is 32.1 Å². The maximum atomic E-state index is 13.2. The van der Waals surface area contributed by atoms with Crippen molar-refractivity contribution in [1.29, 1.82) is 0 Å². The van der Waals surface area contributed by atoms with Crippen LogP contribution in [0, 0.1) is 6.92 Å². The molecule has 1 amide bonds. The highest BCUT2D eigenvalue weighted by Crippen LogP contribution is 2.30. The number of para-hydroxylation sites is 2. The second-order valence-electron chi connectivity index (χ2n) is 7.69. The molecule has 1 atom stereocenters. The Balaban J connectivity index is 1.63. The Kier molecular flexibility index (Phi) is 5.20. The molecule has 0 spiro atoms. The van der Waals surface area contributed by atoms with Gasteiger partial charge in [-0.25, -0.2) is 4.98 Å². The molecular weight excluding hydrogens is 350 g/mol. The Bertz CT molecular complexity index is 986. The summed E-state index contributed by atoms with van der Waals surface area (Å²) in [6.07, 6.45) is 3.14. The van der Waals surface area contributed by atoms with Crippen LogP contribution in [-0.2, 0) is 13.1 Å². The van der Waals surface area contributed by atoms with Gasteiger partial charge in [-0.15, -0.1) is 0 Å². The van der Waals surface area contributed by atoms with Crippen LogP contribution in [0.5, 0.6) is 0 Å². The molecule has 0 aliphatic carbocycles. The highest BCUT2D eigenvalue weighted by molar-refractivity contribution is 5.92. The summed E-state index contributed by atoms with van der Waals surface area (Å²) in [5, 5.41) is 4.44. The number of carbonyl (C=O) groups is 1. The second kappa shape index (κ2) is 7.78. The lowest BCUT2D eigenvalue weighted by Gasteiger charge is -2.32. The summed E-state index contributed by atoms with van der Waals surface area (Å²) >= 11 is 0. The first-order chi connectivity index (χ1) is 13.6. The summed E-state index contributed by atoms with van der Waals surface area (Å²) in [4.78, 5) is 20.1. The van der Waals surface area contributed by atoms with Gasteiger partial charge in [-0.05, 0) is 51.3 Å². The van der Waals surface area contributed by atoms with Crippen LogP contribution in [0.1, 0.15) is 61.0 Å². The lowest BCUT2D eigenvalue weighted by Crippen LogP contribution is -2.40. The van der Waals surface area contributed by atoms with E-state index in [1.807, 2.05) is 35.6 Å². The molecule has 0 bridgehead atoms. The number of hydrogen-bond donors (Lipinski definition) is 0. The number of likely N-dealkylation sites (tertiary alicyclic amines) is 1. The van der Waals surface area contributed by atoms with Crippen molar-refractivity contribution in [3.63, 3.8) is 0 Å². The number of benzene rings is 1. The number of amides is 1. The number of imidazole rings is 1. The molecule has 1 unspecified atom stereocenters. The maximum absolute atomic E-state index is 13.2. The summed E-state index contributed by atoms with van der Waals surface area (Å²) in [5.74, 6) is 1.49. The van der Waals surface area contributed by atoms with E-state index in [1.165, 1.54) is 5.52 Å². The van der Waals surface area contributed by atoms with Crippen molar-refractivity contribution in [1.82, 2.24) is 24.2 Å². The average Bonchev–Trinajstić information content (AvgIpc) is 3.28. The zero-order valence-corrected chi connectivity index (χ0v) is 17.1. The fourth-order valence-electron chi connectivity index (χ4n) is 4.36. The Morgan fingerprint density at radius 2 is 2.07 bits per heavy atom. The molecule has 28 heavy (non-hydrogen) atoms. The molecule has 1 aliphatic heterocycles. The number of carbonyl (C=O) groups excluding carboxylic acids is 1. The number of rotatable bonds is 5. The third-order valence-corrected chi connectivity index (χ3v) is 5.63. The van der Waals surface area contributed by atoms with Gasteiger partial charge >= 0.3 is 0 Å². The summed E-state index contributed by atoms with van der Waals surface area (Å²) in [6.45, 7) is 9.35. The van der Waals surface area contributed by atoms with E-state index >= 15 is 0 Å². The number of piperidine rings is 1. The standard InChI is InChI=1S/C22H29N5O/c1-4-12-26-19-11-7-6-10-18(19)23-21(26)17-9-8-13-25(15-17)22(28)20-14-16(3)24-27(20)5-2/h6-7,10-11,14,17H,4-5,8-9,12-13,15H2,1-3H3. The smallest absolute Gasteiger partial charge is 0.272 e. The first kappa shape index (κ1) is 18.7. The van der Waals surface area contributed by atoms with Gasteiger partial charge in [0.05, 0.1) is 16.7 Å². The van der Waals surface area contributed by atoms with E-state index < -0.39 is 0 Å². The fourth-order valence-corrected chi connectivity index (χ4v) is 4.36. The molecule has 3 aromatic rings. The minimum absolute atomic E-state index is 0.0882. The molecule has 6 nitrogen and oxygen atoms in total. The molecular formula is C22H29N5O. The van der Waals surface area contributed by atoms with Crippen LogP contribution in [-0.4, -0.2) is 43.2 Å². The zero-order chi connectivity index (χ0) is 19.7. The van der Waals surface area contributed by atoms with E-state index in [9.17, 15) is 4.79 Å². The largest absolute Gasteiger partial charge is 0.337 e. The van der Waals surface area contributed by atoms with Crippen LogP contribution in [0.2, 0.25) is 0 Å². The summed E-state index contributed by atoms with van der Waals surface area (Å²) in [7, 11) is 0. The number of aromatic nitrogens is 4. The quantitative estimate of drug-likeness (QED) is 0.673. The van der Waals surface area contributed by atoms with Gasteiger partial charge in [0.2, 0.25) is 0 Å². The van der Waals surface area contributed by atoms with Crippen molar-refractivity contribution in [3.8, 4) is 0 Å². The van der Waals surface area contributed by atoms with Gasteiger partial charge < -0.3 is 9.47 Å². The number of hydrogen-bond acceptors (Lipinski definition) is 3. The Morgan fingerprint density at radius 3 is 2.86 bits per heavy atom. The van der Waals surface area contributed by atoms with E-state index in [0.717, 1.165) is 55.9 Å². The lowest BCUT2D eigenvalue weighted by atomic mass is 9.96. The van der Waals surface area contributed by atoms with Crippen LogP contribution in [0.25, 0.3) is 11.0 Å².